The van der Waals surface area contributed by atoms with Crippen molar-refractivity contribution in [1.82, 2.24) is 9.55 Å². The van der Waals surface area contributed by atoms with Crippen molar-refractivity contribution in [1.29, 1.82) is 0 Å². The normalized spacial score (nSPS) is 11.1. The van der Waals surface area contributed by atoms with Gasteiger partial charge in [0, 0.05) is 5.75 Å². The number of hydrogen-bond acceptors (Lipinski definition) is 4. The van der Waals surface area contributed by atoms with Crippen LogP contribution >= 0.6 is 23.1 Å². The molecule has 0 unspecified atom stereocenters. The SMILES string of the molecule is O=c1c2sccc2nc(SCc2cccc(F)c2)n1-c1ccccc1. The van der Waals surface area contributed by atoms with E-state index in [-0.39, 0.29) is 11.4 Å². The van der Waals surface area contributed by atoms with E-state index < -0.39 is 0 Å². The molecule has 2 heterocycles. The average molecular weight is 368 g/mol. The standard InChI is InChI=1S/C19H13FN2OS2/c20-14-6-4-5-13(11-14)12-25-19-21-16-9-10-24-17(16)18(23)22(19)15-7-2-1-3-8-15/h1-11H,12H2. The van der Waals surface area contributed by atoms with E-state index in [2.05, 4.69) is 4.98 Å². The summed E-state index contributed by atoms with van der Waals surface area (Å²) in [7, 11) is 0. The van der Waals surface area contributed by atoms with Crippen LogP contribution in [0.15, 0.2) is 76.0 Å². The zero-order chi connectivity index (χ0) is 17.2. The van der Waals surface area contributed by atoms with E-state index in [0.29, 0.717) is 21.1 Å². The lowest BCUT2D eigenvalue weighted by Crippen LogP contribution is -2.20. The summed E-state index contributed by atoms with van der Waals surface area (Å²) < 4.78 is 15.7. The van der Waals surface area contributed by atoms with E-state index in [9.17, 15) is 9.18 Å². The molecule has 4 rings (SSSR count). The molecular formula is C19H13FN2OS2. The molecule has 0 N–H and O–H groups in total. The van der Waals surface area contributed by atoms with Crippen LogP contribution in [0, 0.1) is 5.82 Å². The summed E-state index contributed by atoms with van der Waals surface area (Å²) in [6.45, 7) is 0. The molecule has 3 nitrogen and oxygen atoms in total. The number of thioether (sulfide) groups is 1. The number of nitrogens with zero attached hydrogens (tertiary/aromatic N) is 2. The van der Waals surface area contributed by atoms with Crippen LogP contribution in [0.25, 0.3) is 15.9 Å². The van der Waals surface area contributed by atoms with Crippen molar-refractivity contribution in [3.05, 3.63) is 87.8 Å². The Morgan fingerprint density at radius 2 is 1.92 bits per heavy atom. The van der Waals surface area contributed by atoms with Gasteiger partial charge < -0.3 is 0 Å². The first-order valence-electron chi connectivity index (χ1n) is 7.65. The fraction of sp³-hybridized carbons (Fsp3) is 0.0526. The van der Waals surface area contributed by atoms with Crippen LogP contribution < -0.4 is 5.56 Å². The fourth-order valence-electron chi connectivity index (χ4n) is 2.57. The fourth-order valence-corrected chi connectivity index (χ4v) is 4.28. The van der Waals surface area contributed by atoms with E-state index in [1.54, 1.807) is 10.6 Å². The van der Waals surface area contributed by atoms with Crippen LogP contribution in [-0.2, 0) is 5.75 Å². The van der Waals surface area contributed by atoms with E-state index in [1.807, 2.05) is 47.8 Å². The molecule has 124 valence electrons. The summed E-state index contributed by atoms with van der Waals surface area (Å²) >= 11 is 2.82. The Balaban J connectivity index is 1.80. The second-order valence-electron chi connectivity index (χ2n) is 5.42. The topological polar surface area (TPSA) is 34.9 Å². The van der Waals surface area contributed by atoms with Crippen molar-refractivity contribution in [2.45, 2.75) is 10.9 Å². The van der Waals surface area contributed by atoms with Gasteiger partial charge in [0.15, 0.2) is 5.16 Å². The van der Waals surface area contributed by atoms with Gasteiger partial charge in [-0.15, -0.1) is 11.3 Å². The summed E-state index contributed by atoms with van der Waals surface area (Å²) in [5, 5.41) is 2.47. The van der Waals surface area contributed by atoms with Gasteiger partial charge in [-0.25, -0.2) is 9.37 Å². The van der Waals surface area contributed by atoms with Crippen LogP contribution in [0.1, 0.15) is 5.56 Å². The molecule has 6 heteroatoms. The van der Waals surface area contributed by atoms with Crippen LogP contribution in [-0.4, -0.2) is 9.55 Å². The van der Waals surface area contributed by atoms with Gasteiger partial charge in [0.05, 0.1) is 11.2 Å². The first-order chi connectivity index (χ1) is 12.2. The predicted octanol–water partition coefficient (Wildman–Crippen LogP) is 4.88. The molecule has 0 saturated heterocycles. The smallest absolute Gasteiger partial charge is 0.267 e. The quantitative estimate of drug-likeness (QED) is 0.380. The summed E-state index contributed by atoms with van der Waals surface area (Å²) in [6.07, 6.45) is 0. The van der Waals surface area contributed by atoms with Gasteiger partial charge in [-0.1, -0.05) is 42.1 Å². The molecule has 2 aromatic heterocycles. The minimum absolute atomic E-state index is 0.0760. The Bertz CT molecular complexity index is 1090. The zero-order valence-electron chi connectivity index (χ0n) is 13.1. The maximum absolute atomic E-state index is 13.4. The van der Waals surface area contributed by atoms with Gasteiger partial charge in [-0.3, -0.25) is 9.36 Å². The number of rotatable bonds is 4. The molecule has 0 bridgehead atoms. The Morgan fingerprint density at radius 3 is 2.72 bits per heavy atom. The van der Waals surface area contributed by atoms with E-state index in [4.69, 9.17) is 0 Å². The largest absolute Gasteiger partial charge is 0.276 e. The monoisotopic (exact) mass is 368 g/mol. The van der Waals surface area contributed by atoms with Crippen molar-refractivity contribution in [3.8, 4) is 5.69 Å². The van der Waals surface area contributed by atoms with Gasteiger partial charge in [-0.05, 0) is 41.3 Å². The molecule has 0 atom stereocenters. The molecule has 25 heavy (non-hydrogen) atoms. The lowest BCUT2D eigenvalue weighted by atomic mass is 10.2. The van der Waals surface area contributed by atoms with E-state index in [0.717, 1.165) is 11.3 Å². The highest BCUT2D eigenvalue weighted by Gasteiger charge is 2.14. The second-order valence-corrected chi connectivity index (χ2v) is 7.28. The third-order valence-corrected chi connectivity index (χ3v) is 5.62. The van der Waals surface area contributed by atoms with Crippen molar-refractivity contribution >= 4 is 33.3 Å². The zero-order valence-corrected chi connectivity index (χ0v) is 14.7. The summed E-state index contributed by atoms with van der Waals surface area (Å²) in [4.78, 5) is 17.6. The molecule has 0 aliphatic heterocycles. The molecule has 0 fully saturated rings. The average Bonchev–Trinajstić information content (AvgIpc) is 3.10. The van der Waals surface area contributed by atoms with Gasteiger partial charge in [-0.2, -0.15) is 0 Å². The molecule has 0 radical (unpaired) electrons. The maximum Gasteiger partial charge on any atom is 0.276 e. The van der Waals surface area contributed by atoms with Gasteiger partial charge in [0.2, 0.25) is 0 Å². The van der Waals surface area contributed by atoms with Crippen LogP contribution in [0.5, 0.6) is 0 Å². The van der Waals surface area contributed by atoms with Crippen molar-refractivity contribution in [2.24, 2.45) is 0 Å². The van der Waals surface area contributed by atoms with Crippen LogP contribution in [0.4, 0.5) is 4.39 Å². The van der Waals surface area contributed by atoms with Gasteiger partial charge in [0.1, 0.15) is 10.5 Å². The highest BCUT2D eigenvalue weighted by atomic mass is 32.2. The molecule has 4 aromatic rings. The van der Waals surface area contributed by atoms with Gasteiger partial charge >= 0.3 is 0 Å². The Hall–Kier alpha value is -2.44. The molecule has 0 aliphatic carbocycles. The van der Waals surface area contributed by atoms with Crippen LogP contribution in [0.2, 0.25) is 0 Å². The molecule has 0 saturated carbocycles. The van der Waals surface area contributed by atoms with E-state index >= 15 is 0 Å². The van der Waals surface area contributed by atoms with Crippen molar-refractivity contribution < 1.29 is 4.39 Å². The first-order valence-corrected chi connectivity index (χ1v) is 9.52. The number of fused-ring (bicyclic) bond motifs is 1. The number of aromatic nitrogens is 2. The van der Waals surface area contributed by atoms with Crippen molar-refractivity contribution in [3.63, 3.8) is 0 Å². The number of halogens is 1. The third kappa shape index (κ3) is 3.23. The second kappa shape index (κ2) is 6.82. The van der Waals surface area contributed by atoms with Crippen LogP contribution in [0.3, 0.4) is 0 Å². The van der Waals surface area contributed by atoms with E-state index in [1.165, 1.54) is 35.2 Å². The number of thiophene rings is 1. The minimum Gasteiger partial charge on any atom is -0.267 e. The highest BCUT2D eigenvalue weighted by Crippen LogP contribution is 2.26. The molecule has 0 aliphatic rings. The summed E-state index contributed by atoms with van der Waals surface area (Å²) in [5.74, 6) is 0.270. The lowest BCUT2D eigenvalue weighted by Gasteiger charge is -2.12. The van der Waals surface area contributed by atoms with Gasteiger partial charge in [0.25, 0.3) is 5.56 Å². The molecule has 0 spiro atoms. The lowest BCUT2D eigenvalue weighted by molar-refractivity contribution is 0.626. The maximum atomic E-state index is 13.4. The Labute approximate surface area is 151 Å². The third-order valence-electron chi connectivity index (χ3n) is 3.72. The predicted molar refractivity (Wildman–Crippen MR) is 101 cm³/mol. The molecule has 0 amide bonds. The Kier molecular flexibility index (Phi) is 4.38. The molecule has 2 aromatic carbocycles. The number of para-hydroxylation sites is 1. The number of hydrogen-bond donors (Lipinski definition) is 0. The van der Waals surface area contributed by atoms with Crippen molar-refractivity contribution in [2.75, 3.05) is 0 Å². The number of benzene rings is 2. The first kappa shape index (κ1) is 16.1. The highest BCUT2D eigenvalue weighted by molar-refractivity contribution is 7.98. The Morgan fingerprint density at radius 1 is 1.08 bits per heavy atom. The summed E-state index contributed by atoms with van der Waals surface area (Å²) in [6, 6.07) is 17.8. The molecular weight excluding hydrogens is 355 g/mol. The minimum atomic E-state index is -0.264. The summed E-state index contributed by atoms with van der Waals surface area (Å²) in [5.41, 5.74) is 2.25.